The summed E-state index contributed by atoms with van der Waals surface area (Å²) in [5, 5.41) is 2.76. The second-order valence-electron chi connectivity index (χ2n) is 4.82. The van der Waals surface area contributed by atoms with Gasteiger partial charge in [-0.05, 0) is 47.0 Å². The van der Waals surface area contributed by atoms with Crippen LogP contribution in [0, 0.1) is 5.92 Å². The van der Waals surface area contributed by atoms with Crippen LogP contribution in [0.5, 0.6) is 0 Å². The zero-order chi connectivity index (χ0) is 16.0. The summed E-state index contributed by atoms with van der Waals surface area (Å²) in [5.74, 6) is -0.538. The van der Waals surface area contributed by atoms with Crippen molar-refractivity contribution in [1.29, 1.82) is 0 Å². The van der Waals surface area contributed by atoms with Crippen molar-refractivity contribution >= 4 is 33.5 Å². The van der Waals surface area contributed by atoms with Crippen molar-refractivity contribution in [2.24, 2.45) is 11.7 Å². The molecule has 1 amide bonds. The number of nitrogens with two attached hydrogens (primary N) is 1. The van der Waals surface area contributed by atoms with E-state index >= 15 is 0 Å². The SMILES string of the molecule is CCOC(=O)c1ccc(NC(=O)[C@@H](N)C(C)CC)c(Br)c1. The number of benzene rings is 1. The van der Waals surface area contributed by atoms with E-state index in [0.717, 1.165) is 6.42 Å². The van der Waals surface area contributed by atoms with Gasteiger partial charge in [0.2, 0.25) is 5.91 Å². The van der Waals surface area contributed by atoms with E-state index in [1.165, 1.54) is 0 Å². The molecule has 0 aromatic heterocycles. The van der Waals surface area contributed by atoms with Gasteiger partial charge < -0.3 is 15.8 Å². The number of ether oxygens (including phenoxy) is 1. The minimum atomic E-state index is -0.563. The molecule has 0 heterocycles. The van der Waals surface area contributed by atoms with Gasteiger partial charge in [0.05, 0.1) is 23.9 Å². The van der Waals surface area contributed by atoms with Crippen LogP contribution in [-0.4, -0.2) is 24.5 Å². The van der Waals surface area contributed by atoms with Crippen molar-refractivity contribution in [2.75, 3.05) is 11.9 Å². The number of halogens is 1. The van der Waals surface area contributed by atoms with Gasteiger partial charge in [0, 0.05) is 4.47 Å². The molecule has 0 aliphatic rings. The van der Waals surface area contributed by atoms with E-state index < -0.39 is 12.0 Å². The number of hydrogen-bond donors (Lipinski definition) is 2. The third kappa shape index (κ3) is 4.82. The Labute approximate surface area is 133 Å². The van der Waals surface area contributed by atoms with Gasteiger partial charge in [-0.1, -0.05) is 20.3 Å². The van der Waals surface area contributed by atoms with Crippen LogP contribution in [0.4, 0.5) is 5.69 Å². The first-order valence-electron chi connectivity index (χ1n) is 6.93. The van der Waals surface area contributed by atoms with Gasteiger partial charge in [-0.25, -0.2) is 4.79 Å². The van der Waals surface area contributed by atoms with Crippen molar-refractivity contribution in [3.8, 4) is 0 Å². The van der Waals surface area contributed by atoms with E-state index in [1.54, 1.807) is 25.1 Å². The predicted molar refractivity (Wildman–Crippen MR) is 86.2 cm³/mol. The van der Waals surface area contributed by atoms with Crippen molar-refractivity contribution in [1.82, 2.24) is 0 Å². The van der Waals surface area contributed by atoms with Crippen molar-refractivity contribution in [2.45, 2.75) is 33.2 Å². The van der Waals surface area contributed by atoms with Crippen LogP contribution in [-0.2, 0) is 9.53 Å². The Balaban J connectivity index is 2.81. The highest BCUT2D eigenvalue weighted by Gasteiger charge is 2.20. The van der Waals surface area contributed by atoms with Gasteiger partial charge in [-0.3, -0.25) is 4.79 Å². The molecule has 0 spiro atoms. The van der Waals surface area contributed by atoms with E-state index in [2.05, 4.69) is 21.2 Å². The fourth-order valence-corrected chi connectivity index (χ4v) is 2.16. The topological polar surface area (TPSA) is 81.4 Å². The minimum absolute atomic E-state index is 0.0996. The molecule has 116 valence electrons. The Morgan fingerprint density at radius 2 is 2.05 bits per heavy atom. The Hall–Kier alpha value is -1.40. The maximum atomic E-state index is 12.0. The molecule has 0 aliphatic carbocycles. The molecular weight excluding hydrogens is 336 g/mol. The normalized spacial score (nSPS) is 13.4. The second kappa shape index (κ2) is 8.14. The molecule has 5 nitrogen and oxygen atoms in total. The molecule has 0 saturated heterocycles. The van der Waals surface area contributed by atoms with Crippen molar-refractivity contribution < 1.29 is 14.3 Å². The van der Waals surface area contributed by atoms with E-state index in [4.69, 9.17) is 10.5 Å². The number of anilines is 1. The lowest BCUT2D eigenvalue weighted by Crippen LogP contribution is -2.40. The third-order valence-electron chi connectivity index (χ3n) is 3.30. The number of nitrogens with one attached hydrogen (secondary N) is 1. The van der Waals surface area contributed by atoms with Gasteiger partial charge in [-0.2, -0.15) is 0 Å². The van der Waals surface area contributed by atoms with Gasteiger partial charge in [0.25, 0.3) is 0 Å². The summed E-state index contributed by atoms with van der Waals surface area (Å²) in [4.78, 5) is 23.7. The monoisotopic (exact) mass is 356 g/mol. The smallest absolute Gasteiger partial charge is 0.338 e. The highest BCUT2D eigenvalue weighted by atomic mass is 79.9. The highest BCUT2D eigenvalue weighted by molar-refractivity contribution is 9.10. The van der Waals surface area contributed by atoms with Crippen LogP contribution in [0.15, 0.2) is 22.7 Å². The van der Waals surface area contributed by atoms with E-state index in [-0.39, 0.29) is 11.8 Å². The number of carbonyl (C=O) groups is 2. The van der Waals surface area contributed by atoms with Crippen molar-refractivity contribution in [3.63, 3.8) is 0 Å². The maximum absolute atomic E-state index is 12.0. The first-order chi connectivity index (χ1) is 9.90. The molecule has 0 fully saturated rings. The molecule has 0 aliphatic heterocycles. The van der Waals surface area contributed by atoms with Crippen LogP contribution in [0.25, 0.3) is 0 Å². The van der Waals surface area contributed by atoms with Gasteiger partial charge >= 0.3 is 5.97 Å². The van der Waals surface area contributed by atoms with Crippen LogP contribution in [0.1, 0.15) is 37.6 Å². The van der Waals surface area contributed by atoms with E-state index in [1.807, 2.05) is 13.8 Å². The molecule has 1 unspecified atom stereocenters. The lowest BCUT2D eigenvalue weighted by atomic mass is 9.99. The molecular formula is C15H21BrN2O3. The zero-order valence-corrected chi connectivity index (χ0v) is 14.1. The Kier molecular flexibility index (Phi) is 6.84. The molecule has 0 saturated carbocycles. The minimum Gasteiger partial charge on any atom is -0.462 e. The fraction of sp³-hybridized carbons (Fsp3) is 0.467. The molecule has 6 heteroatoms. The Morgan fingerprint density at radius 3 is 2.57 bits per heavy atom. The average molecular weight is 357 g/mol. The molecule has 1 aromatic rings. The van der Waals surface area contributed by atoms with E-state index in [0.29, 0.717) is 22.3 Å². The molecule has 0 bridgehead atoms. The van der Waals surface area contributed by atoms with Gasteiger partial charge in [-0.15, -0.1) is 0 Å². The Morgan fingerprint density at radius 1 is 1.38 bits per heavy atom. The summed E-state index contributed by atoms with van der Waals surface area (Å²) in [6, 6.07) is 4.30. The fourth-order valence-electron chi connectivity index (χ4n) is 1.69. The summed E-state index contributed by atoms with van der Waals surface area (Å²) in [7, 11) is 0. The van der Waals surface area contributed by atoms with Crippen LogP contribution in [0.3, 0.4) is 0 Å². The maximum Gasteiger partial charge on any atom is 0.338 e. The largest absolute Gasteiger partial charge is 0.462 e. The molecule has 0 radical (unpaired) electrons. The average Bonchev–Trinajstić information content (AvgIpc) is 2.47. The number of hydrogen-bond acceptors (Lipinski definition) is 4. The first-order valence-corrected chi connectivity index (χ1v) is 7.73. The molecule has 2 atom stereocenters. The summed E-state index contributed by atoms with van der Waals surface area (Å²) in [6.45, 7) is 5.99. The van der Waals surface area contributed by atoms with Crippen LogP contribution >= 0.6 is 15.9 Å². The Bertz CT molecular complexity index is 520. The lowest BCUT2D eigenvalue weighted by Gasteiger charge is -2.18. The van der Waals surface area contributed by atoms with Gasteiger partial charge in [0.15, 0.2) is 0 Å². The lowest BCUT2D eigenvalue weighted by molar-refractivity contribution is -0.118. The summed E-state index contributed by atoms with van der Waals surface area (Å²) >= 11 is 3.33. The second-order valence-corrected chi connectivity index (χ2v) is 5.67. The van der Waals surface area contributed by atoms with Crippen LogP contribution in [0.2, 0.25) is 0 Å². The molecule has 1 rings (SSSR count). The third-order valence-corrected chi connectivity index (χ3v) is 3.95. The van der Waals surface area contributed by atoms with Crippen LogP contribution < -0.4 is 11.1 Å². The quantitative estimate of drug-likeness (QED) is 0.767. The summed E-state index contributed by atoms with van der Waals surface area (Å²) < 4.78 is 5.53. The number of esters is 1. The van der Waals surface area contributed by atoms with Gasteiger partial charge in [0.1, 0.15) is 0 Å². The zero-order valence-electron chi connectivity index (χ0n) is 12.5. The molecule has 1 aromatic carbocycles. The predicted octanol–water partition coefficient (Wildman–Crippen LogP) is 2.94. The molecule has 3 N–H and O–H groups in total. The first kappa shape index (κ1) is 17.7. The summed E-state index contributed by atoms with van der Waals surface area (Å²) in [5.41, 5.74) is 6.89. The van der Waals surface area contributed by atoms with Crippen molar-refractivity contribution in [3.05, 3.63) is 28.2 Å². The number of carbonyl (C=O) groups excluding carboxylic acids is 2. The number of amides is 1. The highest BCUT2D eigenvalue weighted by Crippen LogP contribution is 2.24. The molecule has 21 heavy (non-hydrogen) atoms. The summed E-state index contributed by atoms with van der Waals surface area (Å²) in [6.07, 6.45) is 0.831. The standard InChI is InChI=1S/C15H21BrN2O3/c1-4-9(3)13(17)14(19)18-12-7-6-10(8-11(12)16)15(20)21-5-2/h6-9,13H,4-5,17H2,1-3H3,(H,18,19)/t9?,13-/m0/s1. The van der Waals surface area contributed by atoms with E-state index in [9.17, 15) is 9.59 Å². The number of rotatable bonds is 6.